The number of carboxylic acid groups (broad SMARTS) is 1. The van der Waals surface area contributed by atoms with E-state index in [1.807, 2.05) is 36.7 Å². The Morgan fingerprint density at radius 1 is 1.10 bits per heavy atom. The van der Waals surface area contributed by atoms with Gasteiger partial charge in [0.2, 0.25) is 0 Å². The van der Waals surface area contributed by atoms with Crippen LogP contribution in [0.1, 0.15) is 22.3 Å². The van der Waals surface area contributed by atoms with Crippen LogP contribution in [0.4, 0.5) is 0 Å². The van der Waals surface area contributed by atoms with Gasteiger partial charge in [0.05, 0.1) is 5.56 Å². The fourth-order valence-corrected chi connectivity index (χ4v) is 2.56. The minimum atomic E-state index is -0.880. The molecular formula is C15H16NNaO2S. The Hall–Kier alpha value is -0.810. The van der Waals surface area contributed by atoms with Gasteiger partial charge in [0.25, 0.3) is 0 Å². The third-order valence-corrected chi connectivity index (χ3v) is 3.83. The summed E-state index contributed by atoms with van der Waals surface area (Å²) in [5, 5.41) is 8.80. The molecule has 0 amide bonds. The normalized spacial score (nSPS) is 9.80. The second kappa shape index (κ2) is 9.19. The molecule has 2 aromatic rings. The first-order valence-electron chi connectivity index (χ1n) is 6.11. The van der Waals surface area contributed by atoms with Crippen LogP contribution in [0.5, 0.6) is 0 Å². The number of hydrogen-bond acceptors (Lipinski definition) is 3. The average molecular weight is 297 g/mol. The van der Waals surface area contributed by atoms with E-state index in [2.05, 4.69) is 4.98 Å². The van der Waals surface area contributed by atoms with Crippen LogP contribution in [0.25, 0.3) is 0 Å². The van der Waals surface area contributed by atoms with E-state index in [1.165, 1.54) is 5.56 Å². The number of nitrogens with zero attached hydrogens (tertiary/aromatic N) is 1. The van der Waals surface area contributed by atoms with Gasteiger partial charge in [0, 0.05) is 17.3 Å². The Labute approximate surface area is 145 Å². The molecule has 0 radical (unpaired) electrons. The molecule has 5 heteroatoms. The summed E-state index contributed by atoms with van der Waals surface area (Å²) in [6.07, 6.45) is 5.76. The number of hydrogen-bond donors (Lipinski definition) is 1. The maximum absolute atomic E-state index is 10.7. The van der Waals surface area contributed by atoms with Crippen molar-refractivity contribution in [2.24, 2.45) is 0 Å². The molecule has 0 bridgehead atoms. The molecule has 100 valence electrons. The first kappa shape index (κ1) is 17.2. The molecular weight excluding hydrogens is 281 g/mol. The van der Waals surface area contributed by atoms with E-state index in [1.54, 1.807) is 23.9 Å². The van der Waals surface area contributed by atoms with E-state index in [0.29, 0.717) is 5.56 Å². The van der Waals surface area contributed by atoms with Crippen LogP contribution >= 0.6 is 11.8 Å². The summed E-state index contributed by atoms with van der Waals surface area (Å²) >= 11 is 1.75. The monoisotopic (exact) mass is 297 g/mol. The second-order valence-corrected chi connectivity index (χ2v) is 5.31. The van der Waals surface area contributed by atoms with Crippen LogP contribution in [0.2, 0.25) is 0 Å². The molecule has 0 spiro atoms. The van der Waals surface area contributed by atoms with Gasteiger partial charge < -0.3 is 5.11 Å². The van der Waals surface area contributed by atoms with Gasteiger partial charge in [-0.05, 0) is 60.6 Å². The topological polar surface area (TPSA) is 50.2 Å². The summed E-state index contributed by atoms with van der Waals surface area (Å²) in [5.74, 6) is 0.142. The molecule has 0 atom stereocenters. The molecule has 20 heavy (non-hydrogen) atoms. The van der Waals surface area contributed by atoms with Crippen molar-refractivity contribution in [2.75, 3.05) is 5.75 Å². The van der Waals surface area contributed by atoms with Crippen LogP contribution in [-0.2, 0) is 6.42 Å². The van der Waals surface area contributed by atoms with Crippen molar-refractivity contribution in [1.29, 1.82) is 0 Å². The molecule has 0 fully saturated rings. The standard InChI is InChI=1S/C15H15NO2S.Na.H/c17-15(18)13-3-5-14(6-4-13)19-11-1-2-12-7-9-16-10-8-12;;/h3-10H,1-2,11H2,(H,17,18);;. The zero-order valence-corrected chi connectivity index (χ0v) is 11.3. The Morgan fingerprint density at radius 3 is 2.35 bits per heavy atom. The maximum atomic E-state index is 10.7. The summed E-state index contributed by atoms with van der Waals surface area (Å²) < 4.78 is 0. The molecule has 0 saturated carbocycles. The molecule has 0 aliphatic rings. The number of aromatic carboxylic acids is 1. The van der Waals surface area contributed by atoms with E-state index in [9.17, 15) is 4.79 Å². The van der Waals surface area contributed by atoms with Gasteiger partial charge in [-0.3, -0.25) is 4.98 Å². The van der Waals surface area contributed by atoms with E-state index < -0.39 is 5.97 Å². The average Bonchev–Trinajstić information content (AvgIpc) is 2.45. The van der Waals surface area contributed by atoms with Crippen LogP contribution in [0.3, 0.4) is 0 Å². The fraction of sp³-hybridized carbons (Fsp3) is 0.200. The van der Waals surface area contributed by atoms with Crippen molar-refractivity contribution < 1.29 is 9.90 Å². The molecule has 1 aromatic heterocycles. The zero-order chi connectivity index (χ0) is 13.5. The van der Waals surface area contributed by atoms with Crippen LogP contribution in [-0.4, -0.2) is 51.4 Å². The second-order valence-electron chi connectivity index (χ2n) is 4.14. The minimum absolute atomic E-state index is 0. The van der Waals surface area contributed by atoms with Gasteiger partial charge in [-0.1, -0.05) is 0 Å². The molecule has 0 aliphatic heterocycles. The summed E-state index contributed by atoms with van der Waals surface area (Å²) in [6, 6.07) is 11.1. The van der Waals surface area contributed by atoms with Gasteiger partial charge in [-0.25, -0.2) is 4.79 Å². The Kier molecular flexibility index (Phi) is 7.92. The molecule has 1 heterocycles. The van der Waals surface area contributed by atoms with Gasteiger partial charge in [-0.15, -0.1) is 11.8 Å². The number of carbonyl (C=O) groups is 1. The Bertz CT molecular complexity index is 531. The molecule has 0 unspecified atom stereocenters. The molecule has 0 aliphatic carbocycles. The molecule has 3 nitrogen and oxygen atoms in total. The third kappa shape index (κ3) is 5.67. The van der Waals surface area contributed by atoms with Crippen molar-refractivity contribution in [3.05, 3.63) is 59.9 Å². The number of aryl methyl sites for hydroxylation is 1. The van der Waals surface area contributed by atoms with Crippen LogP contribution in [0.15, 0.2) is 53.7 Å². The predicted octanol–water partition coefficient (Wildman–Crippen LogP) is 2.86. The molecule has 2 rings (SSSR count). The fourth-order valence-electron chi connectivity index (χ4n) is 1.71. The van der Waals surface area contributed by atoms with E-state index in [4.69, 9.17) is 5.11 Å². The van der Waals surface area contributed by atoms with Gasteiger partial charge >= 0.3 is 35.5 Å². The summed E-state index contributed by atoms with van der Waals surface area (Å²) in [5.41, 5.74) is 1.64. The number of benzene rings is 1. The van der Waals surface area contributed by atoms with Crippen LogP contribution in [0, 0.1) is 0 Å². The first-order valence-corrected chi connectivity index (χ1v) is 7.09. The van der Waals surface area contributed by atoms with Crippen molar-refractivity contribution in [2.45, 2.75) is 17.7 Å². The van der Waals surface area contributed by atoms with E-state index >= 15 is 0 Å². The number of aromatic nitrogens is 1. The summed E-state index contributed by atoms with van der Waals surface area (Å²) in [4.78, 5) is 15.8. The van der Waals surface area contributed by atoms with Gasteiger partial charge in [0.1, 0.15) is 0 Å². The van der Waals surface area contributed by atoms with Crippen molar-refractivity contribution in [3.63, 3.8) is 0 Å². The molecule has 0 saturated heterocycles. The van der Waals surface area contributed by atoms with E-state index in [-0.39, 0.29) is 29.6 Å². The molecule has 1 aromatic carbocycles. The quantitative estimate of drug-likeness (QED) is 0.506. The Balaban J connectivity index is 0.00000200. The SMILES string of the molecule is O=C(O)c1ccc(SCCCc2ccncc2)cc1.[NaH]. The number of carboxylic acids is 1. The van der Waals surface area contributed by atoms with Gasteiger partial charge in [0.15, 0.2) is 0 Å². The molecule has 1 N–H and O–H groups in total. The summed E-state index contributed by atoms with van der Waals surface area (Å²) in [7, 11) is 0. The van der Waals surface area contributed by atoms with Crippen LogP contribution < -0.4 is 0 Å². The Morgan fingerprint density at radius 2 is 1.75 bits per heavy atom. The van der Waals surface area contributed by atoms with E-state index in [0.717, 1.165) is 23.5 Å². The first-order chi connectivity index (χ1) is 9.25. The van der Waals surface area contributed by atoms with Crippen molar-refractivity contribution in [1.82, 2.24) is 4.98 Å². The summed E-state index contributed by atoms with van der Waals surface area (Å²) in [6.45, 7) is 0. The number of thioether (sulfide) groups is 1. The number of pyridine rings is 1. The third-order valence-electron chi connectivity index (χ3n) is 2.73. The predicted molar refractivity (Wildman–Crippen MR) is 83.8 cm³/mol. The van der Waals surface area contributed by atoms with Gasteiger partial charge in [-0.2, -0.15) is 0 Å². The van der Waals surface area contributed by atoms with Crippen molar-refractivity contribution in [3.8, 4) is 0 Å². The zero-order valence-electron chi connectivity index (χ0n) is 10.5. The number of rotatable bonds is 6. The van der Waals surface area contributed by atoms with Crippen molar-refractivity contribution >= 4 is 47.3 Å².